The van der Waals surface area contributed by atoms with Crippen LogP contribution >= 0.6 is 0 Å². The van der Waals surface area contributed by atoms with Crippen LogP contribution in [-0.4, -0.2) is 32.7 Å². The minimum atomic E-state index is -0.187. The Balaban J connectivity index is 1.60. The molecule has 0 atom stereocenters. The zero-order chi connectivity index (χ0) is 19.1. The molecule has 1 heterocycles. The molecule has 140 valence electrons. The third kappa shape index (κ3) is 4.91. The first-order valence-corrected chi connectivity index (χ1v) is 9.02. The van der Waals surface area contributed by atoms with Crippen molar-refractivity contribution in [3.63, 3.8) is 0 Å². The zero-order valence-corrected chi connectivity index (χ0v) is 15.6. The van der Waals surface area contributed by atoms with E-state index < -0.39 is 0 Å². The normalized spacial score (nSPS) is 10.6. The van der Waals surface area contributed by atoms with Gasteiger partial charge in [-0.05, 0) is 60.2 Å². The quantitative estimate of drug-likeness (QED) is 0.620. The molecular weight excluding hydrogens is 342 g/mol. The number of benzene rings is 2. The SMILES string of the molecule is CCCCOc1ccc(C(=O)NCc2nnnn2-c2ccc(C)cc2)cc1. The molecule has 0 aliphatic carbocycles. The molecule has 7 heteroatoms. The minimum Gasteiger partial charge on any atom is -0.494 e. The topological polar surface area (TPSA) is 81.9 Å². The van der Waals surface area contributed by atoms with E-state index in [9.17, 15) is 4.79 Å². The molecule has 27 heavy (non-hydrogen) atoms. The summed E-state index contributed by atoms with van der Waals surface area (Å²) >= 11 is 0. The lowest BCUT2D eigenvalue weighted by Crippen LogP contribution is -2.24. The Hall–Kier alpha value is -3.22. The molecule has 0 unspecified atom stereocenters. The first-order valence-electron chi connectivity index (χ1n) is 9.02. The molecule has 3 aromatic rings. The van der Waals surface area contributed by atoms with Crippen LogP contribution in [0.3, 0.4) is 0 Å². The van der Waals surface area contributed by atoms with E-state index in [2.05, 4.69) is 27.8 Å². The van der Waals surface area contributed by atoms with E-state index in [1.54, 1.807) is 28.9 Å². The molecule has 1 aromatic heterocycles. The van der Waals surface area contributed by atoms with Crippen molar-refractivity contribution in [2.45, 2.75) is 33.2 Å². The van der Waals surface area contributed by atoms with Gasteiger partial charge in [0.25, 0.3) is 5.91 Å². The van der Waals surface area contributed by atoms with Crippen molar-refractivity contribution in [2.24, 2.45) is 0 Å². The van der Waals surface area contributed by atoms with Crippen molar-refractivity contribution in [2.75, 3.05) is 6.61 Å². The van der Waals surface area contributed by atoms with Crippen LogP contribution in [0, 0.1) is 6.92 Å². The second-order valence-corrected chi connectivity index (χ2v) is 6.25. The van der Waals surface area contributed by atoms with Crippen LogP contribution in [-0.2, 0) is 6.54 Å². The highest BCUT2D eigenvalue weighted by atomic mass is 16.5. The van der Waals surface area contributed by atoms with Gasteiger partial charge in [-0.15, -0.1) is 5.10 Å². The van der Waals surface area contributed by atoms with Crippen molar-refractivity contribution >= 4 is 5.91 Å². The first-order chi connectivity index (χ1) is 13.2. The van der Waals surface area contributed by atoms with Crippen molar-refractivity contribution < 1.29 is 9.53 Å². The summed E-state index contributed by atoms with van der Waals surface area (Å²) in [5, 5.41) is 14.6. The summed E-state index contributed by atoms with van der Waals surface area (Å²) in [5.74, 6) is 1.14. The highest BCUT2D eigenvalue weighted by Crippen LogP contribution is 2.13. The van der Waals surface area contributed by atoms with Crippen molar-refractivity contribution in [3.05, 3.63) is 65.5 Å². The third-order valence-corrected chi connectivity index (χ3v) is 4.10. The van der Waals surface area contributed by atoms with E-state index >= 15 is 0 Å². The lowest BCUT2D eigenvalue weighted by Gasteiger charge is -2.08. The maximum Gasteiger partial charge on any atom is 0.251 e. The summed E-state index contributed by atoms with van der Waals surface area (Å²) in [4.78, 5) is 12.4. The summed E-state index contributed by atoms with van der Waals surface area (Å²) in [5.41, 5.74) is 2.57. The summed E-state index contributed by atoms with van der Waals surface area (Å²) < 4.78 is 7.23. The summed E-state index contributed by atoms with van der Waals surface area (Å²) in [6.07, 6.45) is 2.10. The Morgan fingerprint density at radius 1 is 1.11 bits per heavy atom. The molecule has 0 aliphatic rings. The fraction of sp³-hybridized carbons (Fsp3) is 0.300. The van der Waals surface area contributed by atoms with Crippen LogP contribution in [0.4, 0.5) is 0 Å². The fourth-order valence-corrected chi connectivity index (χ4v) is 2.50. The Kier molecular flexibility index (Phi) is 6.14. The lowest BCUT2D eigenvalue weighted by molar-refractivity contribution is 0.0949. The maximum absolute atomic E-state index is 12.4. The largest absolute Gasteiger partial charge is 0.494 e. The van der Waals surface area contributed by atoms with Gasteiger partial charge in [-0.2, -0.15) is 4.68 Å². The Morgan fingerprint density at radius 3 is 2.56 bits per heavy atom. The zero-order valence-electron chi connectivity index (χ0n) is 15.6. The van der Waals surface area contributed by atoms with E-state index in [1.807, 2.05) is 31.2 Å². The second kappa shape index (κ2) is 8.93. The van der Waals surface area contributed by atoms with E-state index in [0.717, 1.165) is 29.8 Å². The molecule has 0 spiro atoms. The van der Waals surface area contributed by atoms with Crippen LogP contribution in [0.25, 0.3) is 5.69 Å². The number of hydrogen-bond donors (Lipinski definition) is 1. The molecule has 0 fully saturated rings. The van der Waals surface area contributed by atoms with Gasteiger partial charge in [0.2, 0.25) is 0 Å². The number of amides is 1. The molecule has 0 saturated heterocycles. The van der Waals surface area contributed by atoms with E-state index in [4.69, 9.17) is 4.74 Å². The van der Waals surface area contributed by atoms with Crippen LogP contribution < -0.4 is 10.1 Å². The number of tetrazole rings is 1. The van der Waals surface area contributed by atoms with E-state index in [0.29, 0.717) is 18.0 Å². The van der Waals surface area contributed by atoms with Crippen LogP contribution in [0.5, 0.6) is 5.75 Å². The molecule has 0 bridgehead atoms. The number of carbonyl (C=O) groups is 1. The second-order valence-electron chi connectivity index (χ2n) is 6.25. The van der Waals surface area contributed by atoms with Gasteiger partial charge in [0, 0.05) is 5.56 Å². The summed E-state index contributed by atoms with van der Waals surface area (Å²) in [6.45, 7) is 5.05. The Labute approximate surface area is 158 Å². The van der Waals surface area contributed by atoms with Gasteiger partial charge in [-0.25, -0.2) is 0 Å². The van der Waals surface area contributed by atoms with Gasteiger partial charge in [0.15, 0.2) is 5.82 Å². The van der Waals surface area contributed by atoms with Gasteiger partial charge in [-0.3, -0.25) is 4.79 Å². The maximum atomic E-state index is 12.4. The van der Waals surface area contributed by atoms with Crippen molar-refractivity contribution in [1.29, 1.82) is 0 Å². The number of aromatic nitrogens is 4. The highest BCUT2D eigenvalue weighted by molar-refractivity contribution is 5.94. The van der Waals surface area contributed by atoms with Crippen LogP contribution in [0.15, 0.2) is 48.5 Å². The summed E-state index contributed by atoms with van der Waals surface area (Å²) in [7, 11) is 0. The van der Waals surface area contributed by atoms with Crippen molar-refractivity contribution in [1.82, 2.24) is 25.5 Å². The van der Waals surface area contributed by atoms with E-state index in [1.165, 1.54) is 0 Å². The predicted octanol–water partition coefficient (Wildman–Crippen LogP) is 3.08. The molecule has 2 aromatic carbocycles. The standard InChI is InChI=1S/C20H23N5O2/c1-3-4-13-27-18-11-7-16(8-12-18)20(26)21-14-19-22-23-24-25(19)17-9-5-15(2)6-10-17/h5-12H,3-4,13-14H2,1-2H3,(H,21,26). The van der Waals surface area contributed by atoms with Gasteiger partial charge < -0.3 is 10.1 Å². The Bertz CT molecular complexity index is 872. The smallest absolute Gasteiger partial charge is 0.251 e. The van der Waals surface area contributed by atoms with Crippen LogP contribution in [0.2, 0.25) is 0 Å². The number of ether oxygens (including phenoxy) is 1. The number of nitrogens with zero attached hydrogens (tertiary/aromatic N) is 4. The predicted molar refractivity (Wildman–Crippen MR) is 102 cm³/mol. The number of hydrogen-bond acceptors (Lipinski definition) is 5. The molecule has 0 aliphatic heterocycles. The average molecular weight is 365 g/mol. The van der Waals surface area contributed by atoms with Crippen molar-refractivity contribution in [3.8, 4) is 11.4 Å². The lowest BCUT2D eigenvalue weighted by atomic mass is 10.2. The fourth-order valence-electron chi connectivity index (χ4n) is 2.50. The minimum absolute atomic E-state index is 0.187. The number of aryl methyl sites for hydroxylation is 1. The average Bonchev–Trinajstić information content (AvgIpc) is 3.16. The number of nitrogens with one attached hydrogen (secondary N) is 1. The number of rotatable bonds is 8. The van der Waals surface area contributed by atoms with E-state index in [-0.39, 0.29) is 12.5 Å². The Morgan fingerprint density at radius 2 is 1.85 bits per heavy atom. The van der Waals surface area contributed by atoms with Gasteiger partial charge in [0.05, 0.1) is 18.8 Å². The molecule has 3 rings (SSSR count). The monoisotopic (exact) mass is 365 g/mol. The molecule has 1 amide bonds. The molecule has 0 radical (unpaired) electrons. The highest BCUT2D eigenvalue weighted by Gasteiger charge is 2.11. The number of carbonyl (C=O) groups excluding carboxylic acids is 1. The van der Waals surface area contributed by atoms with Crippen LogP contribution in [0.1, 0.15) is 41.5 Å². The molecule has 0 saturated carbocycles. The third-order valence-electron chi connectivity index (χ3n) is 4.10. The molecular formula is C20H23N5O2. The summed E-state index contributed by atoms with van der Waals surface area (Å²) in [6, 6.07) is 15.0. The molecule has 1 N–H and O–H groups in total. The molecule has 7 nitrogen and oxygen atoms in total. The van der Waals surface area contributed by atoms with Gasteiger partial charge in [0.1, 0.15) is 5.75 Å². The van der Waals surface area contributed by atoms with Gasteiger partial charge in [-0.1, -0.05) is 31.0 Å². The first kappa shape index (κ1) is 18.6. The van der Waals surface area contributed by atoms with Gasteiger partial charge >= 0.3 is 0 Å². The number of unbranched alkanes of at least 4 members (excludes halogenated alkanes) is 1.